The second-order valence-electron chi connectivity index (χ2n) is 6.19. The van der Waals surface area contributed by atoms with Gasteiger partial charge in [-0.25, -0.2) is 0 Å². The van der Waals surface area contributed by atoms with Gasteiger partial charge in [-0.05, 0) is 44.5 Å². The Bertz CT molecular complexity index is 488. The molecular formula is C18H27ClN2O2. The number of carbonyl (C=O) groups is 1. The highest BCUT2D eigenvalue weighted by Crippen LogP contribution is 2.17. The molecule has 1 amide bonds. The van der Waals surface area contributed by atoms with Crippen molar-refractivity contribution in [1.82, 2.24) is 9.80 Å². The molecule has 0 N–H and O–H groups in total. The Morgan fingerprint density at radius 2 is 2.00 bits per heavy atom. The van der Waals surface area contributed by atoms with E-state index in [2.05, 4.69) is 4.90 Å². The predicted octanol–water partition coefficient (Wildman–Crippen LogP) is 3.44. The van der Waals surface area contributed by atoms with Crippen molar-refractivity contribution >= 4 is 17.5 Å². The lowest BCUT2D eigenvalue weighted by Crippen LogP contribution is -2.39. The number of halogens is 1. The Hall–Kier alpha value is -1.26. The Labute approximate surface area is 144 Å². The van der Waals surface area contributed by atoms with Crippen LogP contribution in [0.3, 0.4) is 0 Å². The number of amides is 1. The van der Waals surface area contributed by atoms with Crippen LogP contribution in [0.25, 0.3) is 0 Å². The quantitative estimate of drug-likeness (QED) is 0.714. The fourth-order valence-corrected chi connectivity index (χ4v) is 2.99. The molecule has 1 aliphatic heterocycles. The van der Waals surface area contributed by atoms with Crippen molar-refractivity contribution in [3.05, 3.63) is 29.3 Å². The first-order valence-electron chi connectivity index (χ1n) is 8.50. The fraction of sp³-hybridized carbons (Fsp3) is 0.611. The van der Waals surface area contributed by atoms with E-state index in [9.17, 15) is 4.79 Å². The zero-order valence-corrected chi connectivity index (χ0v) is 14.7. The maximum atomic E-state index is 12.3. The van der Waals surface area contributed by atoms with Gasteiger partial charge in [0.15, 0.2) is 0 Å². The highest BCUT2D eigenvalue weighted by Gasteiger charge is 2.16. The van der Waals surface area contributed by atoms with Crippen molar-refractivity contribution in [2.24, 2.45) is 0 Å². The van der Waals surface area contributed by atoms with E-state index in [1.165, 1.54) is 12.8 Å². The van der Waals surface area contributed by atoms with Gasteiger partial charge in [-0.15, -0.1) is 0 Å². The topological polar surface area (TPSA) is 32.8 Å². The molecule has 2 rings (SSSR count). The van der Waals surface area contributed by atoms with Crippen LogP contribution in [0.5, 0.6) is 5.75 Å². The lowest BCUT2D eigenvalue weighted by molar-refractivity contribution is -0.132. The van der Waals surface area contributed by atoms with E-state index in [-0.39, 0.29) is 5.91 Å². The van der Waals surface area contributed by atoms with Crippen molar-refractivity contribution in [3.8, 4) is 5.75 Å². The SMILES string of the molecule is CN(CCCOc1cccc(Cl)c1)CC(=O)N1CCCCCC1. The highest BCUT2D eigenvalue weighted by atomic mass is 35.5. The Morgan fingerprint density at radius 3 is 2.70 bits per heavy atom. The lowest BCUT2D eigenvalue weighted by atomic mass is 10.2. The Morgan fingerprint density at radius 1 is 1.26 bits per heavy atom. The van der Waals surface area contributed by atoms with Crippen LogP contribution in [0.4, 0.5) is 0 Å². The minimum atomic E-state index is 0.255. The summed E-state index contributed by atoms with van der Waals surface area (Å²) in [7, 11) is 2.00. The fourth-order valence-electron chi connectivity index (χ4n) is 2.81. The number of carbonyl (C=O) groups excluding carboxylic acids is 1. The smallest absolute Gasteiger partial charge is 0.236 e. The van der Waals surface area contributed by atoms with Gasteiger partial charge in [0.05, 0.1) is 13.2 Å². The average molecular weight is 339 g/mol. The highest BCUT2D eigenvalue weighted by molar-refractivity contribution is 6.30. The molecular weight excluding hydrogens is 312 g/mol. The molecule has 0 unspecified atom stereocenters. The van der Waals surface area contributed by atoms with Crippen LogP contribution in [-0.2, 0) is 4.79 Å². The molecule has 1 saturated heterocycles. The summed E-state index contributed by atoms with van der Waals surface area (Å²) in [6.07, 6.45) is 5.67. The molecule has 128 valence electrons. The van der Waals surface area contributed by atoms with E-state index in [0.717, 1.165) is 44.6 Å². The average Bonchev–Trinajstić information content (AvgIpc) is 2.81. The molecule has 1 fully saturated rings. The maximum Gasteiger partial charge on any atom is 0.236 e. The van der Waals surface area contributed by atoms with Crippen LogP contribution in [0.15, 0.2) is 24.3 Å². The maximum absolute atomic E-state index is 12.3. The van der Waals surface area contributed by atoms with Gasteiger partial charge in [0.2, 0.25) is 5.91 Å². The van der Waals surface area contributed by atoms with Crippen LogP contribution >= 0.6 is 11.6 Å². The third kappa shape index (κ3) is 6.80. The molecule has 0 aliphatic carbocycles. The summed E-state index contributed by atoms with van der Waals surface area (Å²) in [5, 5.41) is 0.683. The van der Waals surface area contributed by atoms with Crippen LogP contribution in [0, 0.1) is 0 Å². The summed E-state index contributed by atoms with van der Waals surface area (Å²) < 4.78 is 5.67. The first kappa shape index (κ1) is 18.1. The van der Waals surface area contributed by atoms with E-state index in [1.54, 1.807) is 0 Å². The molecule has 1 aromatic carbocycles. The van der Waals surface area contributed by atoms with Crippen LogP contribution < -0.4 is 4.74 Å². The number of benzene rings is 1. The molecule has 0 spiro atoms. The van der Waals surface area contributed by atoms with Gasteiger partial charge in [-0.1, -0.05) is 30.5 Å². The first-order valence-corrected chi connectivity index (χ1v) is 8.87. The summed E-state index contributed by atoms with van der Waals surface area (Å²) in [6, 6.07) is 7.42. The van der Waals surface area contributed by atoms with Crippen LogP contribution in [-0.4, -0.2) is 55.5 Å². The zero-order valence-electron chi connectivity index (χ0n) is 14.0. The molecule has 0 bridgehead atoms. The molecule has 0 atom stereocenters. The molecule has 1 aliphatic rings. The van der Waals surface area contributed by atoms with Crippen molar-refractivity contribution in [1.29, 1.82) is 0 Å². The number of hydrogen-bond donors (Lipinski definition) is 0. The number of ether oxygens (including phenoxy) is 1. The normalized spacial score (nSPS) is 15.5. The van der Waals surface area contributed by atoms with Crippen molar-refractivity contribution in [3.63, 3.8) is 0 Å². The van der Waals surface area contributed by atoms with E-state index < -0.39 is 0 Å². The van der Waals surface area contributed by atoms with Gasteiger partial charge in [-0.2, -0.15) is 0 Å². The third-order valence-corrected chi connectivity index (χ3v) is 4.35. The second kappa shape index (κ2) is 9.78. The largest absolute Gasteiger partial charge is 0.493 e. The zero-order chi connectivity index (χ0) is 16.5. The number of nitrogens with zero attached hydrogens (tertiary/aromatic N) is 2. The molecule has 0 saturated carbocycles. The van der Waals surface area contributed by atoms with Crippen LogP contribution in [0.1, 0.15) is 32.1 Å². The summed E-state index contributed by atoms with van der Waals surface area (Å²) in [4.78, 5) is 16.4. The molecule has 1 aromatic rings. The van der Waals surface area contributed by atoms with Crippen molar-refractivity contribution < 1.29 is 9.53 Å². The number of hydrogen-bond acceptors (Lipinski definition) is 3. The lowest BCUT2D eigenvalue weighted by Gasteiger charge is -2.24. The van der Waals surface area contributed by atoms with Gasteiger partial charge in [0.25, 0.3) is 0 Å². The minimum Gasteiger partial charge on any atom is -0.493 e. The minimum absolute atomic E-state index is 0.255. The molecule has 1 heterocycles. The van der Waals surface area contributed by atoms with E-state index in [4.69, 9.17) is 16.3 Å². The van der Waals surface area contributed by atoms with Crippen molar-refractivity contribution in [2.45, 2.75) is 32.1 Å². The summed E-state index contributed by atoms with van der Waals surface area (Å²) in [5.41, 5.74) is 0. The predicted molar refractivity (Wildman–Crippen MR) is 94.1 cm³/mol. The first-order chi connectivity index (χ1) is 11.1. The standard InChI is InChI=1S/C18H27ClN2O2/c1-20(15-18(22)21-11-4-2-3-5-12-21)10-7-13-23-17-9-6-8-16(19)14-17/h6,8-9,14H,2-5,7,10-13,15H2,1H3. The van der Waals surface area contributed by atoms with Gasteiger partial charge in [0, 0.05) is 24.7 Å². The van der Waals surface area contributed by atoms with Gasteiger partial charge in [0.1, 0.15) is 5.75 Å². The van der Waals surface area contributed by atoms with Crippen LogP contribution in [0.2, 0.25) is 5.02 Å². The van der Waals surface area contributed by atoms with Gasteiger partial charge < -0.3 is 9.64 Å². The van der Waals surface area contributed by atoms with Gasteiger partial charge >= 0.3 is 0 Å². The molecule has 23 heavy (non-hydrogen) atoms. The van der Waals surface area contributed by atoms with E-state index in [1.807, 2.05) is 36.2 Å². The molecule has 5 heteroatoms. The van der Waals surface area contributed by atoms with Gasteiger partial charge in [-0.3, -0.25) is 9.69 Å². The summed E-state index contributed by atoms with van der Waals surface area (Å²) in [5.74, 6) is 1.05. The molecule has 0 radical (unpaired) electrons. The summed E-state index contributed by atoms with van der Waals surface area (Å²) >= 11 is 5.92. The second-order valence-corrected chi connectivity index (χ2v) is 6.63. The number of likely N-dealkylation sites (N-methyl/N-ethyl adjacent to an activating group) is 1. The monoisotopic (exact) mass is 338 g/mol. The number of likely N-dealkylation sites (tertiary alicyclic amines) is 1. The van der Waals surface area contributed by atoms with E-state index in [0.29, 0.717) is 18.2 Å². The molecule has 4 nitrogen and oxygen atoms in total. The number of rotatable bonds is 7. The summed E-state index contributed by atoms with van der Waals surface area (Å²) in [6.45, 7) is 3.81. The van der Waals surface area contributed by atoms with Crippen molar-refractivity contribution in [2.75, 3.05) is 39.8 Å². The Balaban J connectivity index is 1.62. The third-order valence-electron chi connectivity index (χ3n) is 4.11. The molecule has 0 aromatic heterocycles. The Kier molecular flexibility index (Phi) is 7.69. The van der Waals surface area contributed by atoms with E-state index >= 15 is 0 Å².